The van der Waals surface area contributed by atoms with Crippen LogP contribution in [0.5, 0.6) is 5.75 Å². The molecule has 34 heavy (non-hydrogen) atoms. The molecule has 3 N–H and O–H groups in total. The fraction of sp³-hybridized carbons (Fsp3) is 0.571. The van der Waals surface area contributed by atoms with Crippen LogP contribution in [0.15, 0.2) is 30.3 Å². The second kappa shape index (κ2) is 16.1. The first kappa shape index (κ1) is 27.6. The zero-order chi connectivity index (χ0) is 24.6. The van der Waals surface area contributed by atoms with E-state index in [9.17, 15) is 14.7 Å². The highest BCUT2D eigenvalue weighted by atomic mass is 16.5. The van der Waals surface area contributed by atoms with Crippen molar-refractivity contribution in [2.75, 3.05) is 25.1 Å². The Labute approximate surface area is 204 Å². The number of hydrogen-bond donors (Lipinski definition) is 3. The molecular formula is C28H42N2O4. The standard InChI is InChI=1S/C28H42N2O4/c1-3-4-5-6-7-8-9-10-11-12-20-34-21-14-19-29-28(33)25-18-17-23-24(27(25)32)15-13-16-26(23)30-22(2)31/h13,15-18,32H,3-12,14,19-21H2,1-2H3,(H,29,33)(H,30,31). The quantitative estimate of drug-likeness (QED) is 0.228. The summed E-state index contributed by atoms with van der Waals surface area (Å²) < 4.78 is 5.68. The third-order valence-electron chi connectivity index (χ3n) is 5.98. The molecule has 0 saturated carbocycles. The van der Waals surface area contributed by atoms with Crippen LogP contribution in [-0.2, 0) is 9.53 Å². The third kappa shape index (κ3) is 9.72. The molecule has 2 rings (SSSR count). The average molecular weight is 471 g/mol. The predicted molar refractivity (Wildman–Crippen MR) is 140 cm³/mol. The second-order valence-corrected chi connectivity index (χ2v) is 8.95. The van der Waals surface area contributed by atoms with Gasteiger partial charge < -0.3 is 20.5 Å². The fourth-order valence-corrected chi connectivity index (χ4v) is 4.09. The van der Waals surface area contributed by atoms with Crippen molar-refractivity contribution in [3.63, 3.8) is 0 Å². The van der Waals surface area contributed by atoms with Crippen molar-refractivity contribution in [2.45, 2.75) is 84.5 Å². The number of nitrogens with one attached hydrogen (secondary N) is 2. The van der Waals surface area contributed by atoms with Gasteiger partial charge in [0.1, 0.15) is 5.75 Å². The lowest BCUT2D eigenvalue weighted by Gasteiger charge is -2.12. The molecular weight excluding hydrogens is 428 g/mol. The van der Waals surface area contributed by atoms with Gasteiger partial charge in [-0.2, -0.15) is 0 Å². The number of carbonyl (C=O) groups is 2. The first-order valence-corrected chi connectivity index (χ1v) is 12.9. The van der Waals surface area contributed by atoms with Gasteiger partial charge >= 0.3 is 0 Å². The van der Waals surface area contributed by atoms with Crippen molar-refractivity contribution in [3.05, 3.63) is 35.9 Å². The minimum Gasteiger partial charge on any atom is -0.506 e. The van der Waals surface area contributed by atoms with Crippen LogP contribution in [0.2, 0.25) is 0 Å². The van der Waals surface area contributed by atoms with E-state index in [1.165, 1.54) is 64.7 Å². The number of rotatable bonds is 17. The molecule has 0 unspecified atom stereocenters. The highest BCUT2D eigenvalue weighted by molar-refractivity contribution is 6.08. The van der Waals surface area contributed by atoms with Crippen LogP contribution in [0.3, 0.4) is 0 Å². The number of hydrogen-bond acceptors (Lipinski definition) is 4. The number of carbonyl (C=O) groups excluding carboxylic acids is 2. The van der Waals surface area contributed by atoms with Crippen LogP contribution in [0, 0.1) is 0 Å². The van der Waals surface area contributed by atoms with Crippen LogP contribution in [0.1, 0.15) is 94.8 Å². The number of aromatic hydroxyl groups is 1. The molecule has 0 bridgehead atoms. The van der Waals surface area contributed by atoms with E-state index in [0.29, 0.717) is 29.6 Å². The van der Waals surface area contributed by atoms with E-state index in [1.807, 2.05) is 0 Å². The topological polar surface area (TPSA) is 87.7 Å². The zero-order valence-corrected chi connectivity index (χ0v) is 21.0. The van der Waals surface area contributed by atoms with Crippen LogP contribution in [-0.4, -0.2) is 36.7 Å². The van der Waals surface area contributed by atoms with Crippen LogP contribution in [0.4, 0.5) is 5.69 Å². The summed E-state index contributed by atoms with van der Waals surface area (Å²) in [4.78, 5) is 23.9. The first-order chi connectivity index (χ1) is 16.5. The van der Waals surface area contributed by atoms with E-state index >= 15 is 0 Å². The molecule has 0 spiro atoms. The summed E-state index contributed by atoms with van der Waals surface area (Å²) in [6, 6.07) is 8.55. The molecule has 0 heterocycles. The molecule has 0 aliphatic rings. The summed E-state index contributed by atoms with van der Waals surface area (Å²) in [5, 5.41) is 17.4. The number of anilines is 1. The normalized spacial score (nSPS) is 11.0. The zero-order valence-electron chi connectivity index (χ0n) is 21.0. The molecule has 6 nitrogen and oxygen atoms in total. The maximum absolute atomic E-state index is 12.5. The first-order valence-electron chi connectivity index (χ1n) is 12.9. The molecule has 0 atom stereocenters. The highest BCUT2D eigenvalue weighted by Crippen LogP contribution is 2.33. The third-order valence-corrected chi connectivity index (χ3v) is 5.98. The number of phenolic OH excluding ortho intramolecular Hbond substituents is 1. The summed E-state index contributed by atoms with van der Waals surface area (Å²) in [7, 11) is 0. The van der Waals surface area contributed by atoms with Gasteiger partial charge in [-0.1, -0.05) is 82.9 Å². The van der Waals surface area contributed by atoms with E-state index in [1.54, 1.807) is 30.3 Å². The van der Waals surface area contributed by atoms with Gasteiger partial charge in [0, 0.05) is 43.1 Å². The Bertz CT molecular complexity index is 897. The summed E-state index contributed by atoms with van der Waals surface area (Å²) in [6.45, 7) is 5.55. The summed E-state index contributed by atoms with van der Waals surface area (Å²) in [6.07, 6.45) is 13.8. The van der Waals surface area contributed by atoms with Crippen molar-refractivity contribution in [3.8, 4) is 5.75 Å². The number of unbranched alkanes of at least 4 members (excludes halogenated alkanes) is 9. The number of amides is 2. The molecule has 0 aromatic heterocycles. The summed E-state index contributed by atoms with van der Waals surface area (Å²) in [5.74, 6) is -0.595. The van der Waals surface area contributed by atoms with Crippen LogP contribution in [0.25, 0.3) is 10.8 Å². The largest absolute Gasteiger partial charge is 0.506 e. The number of fused-ring (bicyclic) bond motifs is 1. The van der Waals surface area contributed by atoms with Crippen molar-refractivity contribution in [1.82, 2.24) is 5.32 Å². The van der Waals surface area contributed by atoms with Crippen LogP contribution >= 0.6 is 0 Å². The molecule has 2 amide bonds. The minimum absolute atomic E-state index is 0.0839. The van der Waals surface area contributed by atoms with Gasteiger partial charge in [-0.05, 0) is 25.0 Å². The van der Waals surface area contributed by atoms with Gasteiger partial charge in [0.15, 0.2) is 0 Å². The average Bonchev–Trinajstić information content (AvgIpc) is 2.81. The Balaban J connectivity index is 1.59. The SMILES string of the molecule is CCCCCCCCCCCCOCCCNC(=O)c1ccc2c(NC(C)=O)cccc2c1O. The molecule has 0 radical (unpaired) electrons. The molecule has 0 aliphatic heterocycles. The Kier molecular flexibility index (Phi) is 13.1. The summed E-state index contributed by atoms with van der Waals surface area (Å²) >= 11 is 0. The minimum atomic E-state index is -0.320. The van der Waals surface area contributed by atoms with E-state index in [2.05, 4.69) is 17.6 Å². The van der Waals surface area contributed by atoms with Crippen molar-refractivity contribution in [2.24, 2.45) is 0 Å². The highest BCUT2D eigenvalue weighted by Gasteiger charge is 2.15. The van der Waals surface area contributed by atoms with Crippen molar-refractivity contribution in [1.29, 1.82) is 0 Å². The van der Waals surface area contributed by atoms with Gasteiger partial charge in [-0.15, -0.1) is 0 Å². The molecule has 0 aliphatic carbocycles. The number of benzene rings is 2. The van der Waals surface area contributed by atoms with Crippen molar-refractivity contribution >= 4 is 28.3 Å². The van der Waals surface area contributed by atoms with Crippen molar-refractivity contribution < 1.29 is 19.4 Å². The number of phenols is 1. The molecule has 2 aromatic carbocycles. The Hall–Kier alpha value is -2.60. The molecule has 188 valence electrons. The van der Waals surface area contributed by atoms with E-state index < -0.39 is 0 Å². The van der Waals surface area contributed by atoms with E-state index in [-0.39, 0.29) is 23.1 Å². The monoisotopic (exact) mass is 470 g/mol. The lowest BCUT2D eigenvalue weighted by atomic mass is 10.0. The maximum Gasteiger partial charge on any atom is 0.255 e. The number of ether oxygens (including phenoxy) is 1. The molecule has 0 saturated heterocycles. The fourth-order valence-electron chi connectivity index (χ4n) is 4.09. The van der Waals surface area contributed by atoms with Gasteiger partial charge in [-0.25, -0.2) is 0 Å². The second-order valence-electron chi connectivity index (χ2n) is 8.95. The smallest absolute Gasteiger partial charge is 0.255 e. The molecule has 2 aromatic rings. The predicted octanol–water partition coefficient (Wildman–Crippen LogP) is 6.56. The van der Waals surface area contributed by atoms with Gasteiger partial charge in [-0.3, -0.25) is 9.59 Å². The molecule has 0 fully saturated rings. The van der Waals surface area contributed by atoms with Gasteiger partial charge in [0.25, 0.3) is 5.91 Å². The maximum atomic E-state index is 12.5. The lowest BCUT2D eigenvalue weighted by molar-refractivity contribution is -0.114. The van der Waals surface area contributed by atoms with Gasteiger partial charge in [0.05, 0.1) is 5.56 Å². The Morgan fingerprint density at radius 2 is 1.47 bits per heavy atom. The lowest BCUT2D eigenvalue weighted by Crippen LogP contribution is -2.25. The van der Waals surface area contributed by atoms with E-state index in [4.69, 9.17) is 4.74 Å². The van der Waals surface area contributed by atoms with Crippen LogP contribution < -0.4 is 10.6 Å². The van der Waals surface area contributed by atoms with Gasteiger partial charge in [0.2, 0.25) is 5.91 Å². The van der Waals surface area contributed by atoms with E-state index in [0.717, 1.165) is 19.4 Å². The Morgan fingerprint density at radius 3 is 2.15 bits per heavy atom. The summed E-state index contributed by atoms with van der Waals surface area (Å²) in [5.41, 5.74) is 0.825. The Morgan fingerprint density at radius 1 is 0.824 bits per heavy atom. The molecule has 6 heteroatoms.